The van der Waals surface area contributed by atoms with Crippen LogP contribution in [0.4, 0.5) is 15.3 Å². The molecule has 3 N–H and O–H groups in total. The number of benzene rings is 1. The van der Waals surface area contributed by atoms with Gasteiger partial charge >= 0.3 is 12.2 Å². The molecule has 4 atom stereocenters. The lowest BCUT2D eigenvalue weighted by atomic mass is 9.62. The number of rotatable bonds is 10. The molecule has 0 aromatic heterocycles. The maximum Gasteiger partial charge on any atom is 0.407 e. The minimum atomic E-state index is -0.583. The number of carbonyl (C=O) groups excluding carboxylic acids is 4. The Balaban J connectivity index is 1.81. The van der Waals surface area contributed by atoms with Crippen molar-refractivity contribution in [3.8, 4) is 0 Å². The number of hydrogen-bond donors (Lipinski definition) is 3. The zero-order chi connectivity index (χ0) is 26.1. The lowest BCUT2D eigenvalue weighted by Gasteiger charge is -2.46. The zero-order valence-electron chi connectivity index (χ0n) is 21.4. The fraction of sp³-hybridized carbons (Fsp3) is 0.615. The van der Waals surface area contributed by atoms with E-state index in [-0.39, 0.29) is 41.9 Å². The van der Waals surface area contributed by atoms with Gasteiger partial charge in [0.15, 0.2) is 0 Å². The van der Waals surface area contributed by atoms with E-state index in [0.29, 0.717) is 18.7 Å². The van der Waals surface area contributed by atoms with Crippen LogP contribution in [0.3, 0.4) is 0 Å². The molecule has 1 aliphatic carbocycles. The fourth-order valence-electron chi connectivity index (χ4n) is 4.73. The normalized spacial score (nSPS) is 22.7. The van der Waals surface area contributed by atoms with E-state index in [9.17, 15) is 19.2 Å². The standard InChI is InChI=1S/C26H39N3O6/c1-18(13-30)14-34-24(33)29-21-11-25(3,4)16-26(5,12-21)17-27-23(32)35-15-19(2)22(31)28-20-9-7-6-8-10-20/h6-10,13,18-19,21H,11-12,14-17H2,1-5H3,(H,27,32)(H,28,31)(H,29,33). The monoisotopic (exact) mass is 489 g/mol. The van der Waals surface area contributed by atoms with E-state index >= 15 is 0 Å². The Morgan fingerprint density at radius 2 is 1.69 bits per heavy atom. The molecular formula is C26H39N3O6. The van der Waals surface area contributed by atoms with Crippen LogP contribution in [0.25, 0.3) is 0 Å². The van der Waals surface area contributed by atoms with Gasteiger partial charge in [-0.1, -0.05) is 52.8 Å². The average Bonchev–Trinajstić information content (AvgIpc) is 2.79. The Kier molecular flexibility index (Phi) is 10.1. The summed E-state index contributed by atoms with van der Waals surface area (Å²) in [6.45, 7) is 10.1. The first kappa shape index (κ1) is 28.1. The van der Waals surface area contributed by atoms with Crippen molar-refractivity contribution < 1.29 is 28.7 Å². The van der Waals surface area contributed by atoms with E-state index in [1.165, 1.54) is 0 Å². The van der Waals surface area contributed by atoms with E-state index in [0.717, 1.165) is 19.1 Å². The Bertz CT molecular complexity index is 875. The van der Waals surface area contributed by atoms with Gasteiger partial charge in [-0.3, -0.25) is 4.79 Å². The highest BCUT2D eigenvalue weighted by Gasteiger charge is 2.42. The molecule has 0 heterocycles. The van der Waals surface area contributed by atoms with E-state index in [2.05, 4.69) is 36.7 Å². The molecule has 0 saturated heterocycles. The summed E-state index contributed by atoms with van der Waals surface area (Å²) in [5, 5.41) is 8.51. The molecule has 0 bridgehead atoms. The van der Waals surface area contributed by atoms with Gasteiger partial charge in [-0.05, 0) is 42.2 Å². The largest absolute Gasteiger partial charge is 0.449 e. The topological polar surface area (TPSA) is 123 Å². The van der Waals surface area contributed by atoms with Crippen molar-refractivity contribution in [3.63, 3.8) is 0 Å². The molecule has 0 radical (unpaired) electrons. The minimum Gasteiger partial charge on any atom is -0.449 e. The molecule has 35 heavy (non-hydrogen) atoms. The van der Waals surface area contributed by atoms with Gasteiger partial charge in [-0.15, -0.1) is 0 Å². The van der Waals surface area contributed by atoms with Crippen LogP contribution in [0.2, 0.25) is 0 Å². The molecule has 4 unspecified atom stereocenters. The van der Waals surface area contributed by atoms with Gasteiger partial charge in [0.2, 0.25) is 5.91 Å². The van der Waals surface area contributed by atoms with Crippen LogP contribution in [-0.4, -0.2) is 50.2 Å². The summed E-state index contributed by atoms with van der Waals surface area (Å²) in [7, 11) is 0. The summed E-state index contributed by atoms with van der Waals surface area (Å²) in [6, 6.07) is 8.97. The summed E-state index contributed by atoms with van der Waals surface area (Å²) in [5.74, 6) is -1.09. The highest BCUT2D eigenvalue weighted by Crippen LogP contribution is 2.45. The van der Waals surface area contributed by atoms with E-state index < -0.39 is 18.1 Å². The van der Waals surface area contributed by atoms with Crippen LogP contribution in [0.1, 0.15) is 53.9 Å². The summed E-state index contributed by atoms with van der Waals surface area (Å²) in [5.41, 5.74) is 0.355. The van der Waals surface area contributed by atoms with E-state index in [4.69, 9.17) is 9.47 Å². The summed E-state index contributed by atoms with van der Waals surface area (Å²) >= 11 is 0. The van der Waals surface area contributed by atoms with Crippen molar-refractivity contribution in [2.24, 2.45) is 22.7 Å². The molecule has 9 nitrogen and oxygen atoms in total. The lowest BCUT2D eigenvalue weighted by Crippen LogP contribution is -2.50. The van der Waals surface area contributed by atoms with Gasteiger partial charge in [-0.2, -0.15) is 0 Å². The maximum atomic E-state index is 12.3. The SMILES string of the molecule is CC(C=O)COC(=O)NC1CC(C)(C)CC(C)(CNC(=O)OCC(C)C(=O)Nc2ccccc2)C1. The fourth-order valence-corrected chi connectivity index (χ4v) is 4.73. The molecule has 0 aliphatic heterocycles. The number of anilines is 1. The average molecular weight is 490 g/mol. The highest BCUT2D eigenvalue weighted by atomic mass is 16.6. The van der Waals surface area contributed by atoms with Crippen molar-refractivity contribution in [1.29, 1.82) is 0 Å². The molecule has 194 valence electrons. The first-order valence-corrected chi connectivity index (χ1v) is 12.1. The van der Waals surface area contributed by atoms with Crippen LogP contribution in [0.15, 0.2) is 30.3 Å². The first-order valence-electron chi connectivity index (χ1n) is 12.1. The van der Waals surface area contributed by atoms with Gasteiger partial charge in [0.25, 0.3) is 0 Å². The molecule has 1 aromatic rings. The number of hydrogen-bond acceptors (Lipinski definition) is 6. The lowest BCUT2D eigenvalue weighted by molar-refractivity contribution is -0.120. The van der Waals surface area contributed by atoms with Crippen LogP contribution in [0.5, 0.6) is 0 Å². The quantitative estimate of drug-likeness (QED) is 0.425. The predicted octanol–water partition coefficient (Wildman–Crippen LogP) is 4.13. The molecule has 1 aromatic carbocycles. The summed E-state index contributed by atoms with van der Waals surface area (Å²) in [6.07, 6.45) is 1.91. The number of nitrogens with one attached hydrogen (secondary N) is 3. The Hall–Kier alpha value is -3.10. The summed E-state index contributed by atoms with van der Waals surface area (Å²) in [4.78, 5) is 47.5. The third-order valence-corrected chi connectivity index (χ3v) is 6.09. The molecule has 3 amide bonds. The van der Waals surface area contributed by atoms with Gasteiger partial charge in [0.1, 0.15) is 19.5 Å². The minimum absolute atomic E-state index is 0.0396. The number of para-hydroxylation sites is 1. The number of ether oxygens (including phenoxy) is 2. The van der Waals surface area contributed by atoms with Crippen molar-refractivity contribution in [2.45, 2.75) is 59.9 Å². The van der Waals surface area contributed by atoms with Crippen molar-refractivity contribution in [1.82, 2.24) is 10.6 Å². The third-order valence-electron chi connectivity index (χ3n) is 6.09. The Labute approximate surface area is 207 Å². The summed E-state index contributed by atoms with van der Waals surface area (Å²) < 4.78 is 10.4. The van der Waals surface area contributed by atoms with Crippen molar-refractivity contribution >= 4 is 30.1 Å². The van der Waals surface area contributed by atoms with E-state index in [1.54, 1.807) is 26.0 Å². The van der Waals surface area contributed by atoms with Gasteiger partial charge in [0, 0.05) is 24.2 Å². The number of carbonyl (C=O) groups is 4. The molecule has 1 aliphatic rings. The molecule has 1 fully saturated rings. The number of aldehydes is 1. The predicted molar refractivity (Wildman–Crippen MR) is 133 cm³/mol. The first-order chi connectivity index (χ1) is 16.4. The molecule has 2 rings (SSSR count). The second kappa shape index (κ2) is 12.6. The Morgan fingerprint density at radius 3 is 2.34 bits per heavy atom. The molecule has 1 saturated carbocycles. The smallest absolute Gasteiger partial charge is 0.407 e. The van der Waals surface area contributed by atoms with Crippen LogP contribution in [0, 0.1) is 22.7 Å². The van der Waals surface area contributed by atoms with Gasteiger partial charge < -0.3 is 30.2 Å². The van der Waals surface area contributed by atoms with E-state index in [1.807, 2.05) is 18.2 Å². The van der Waals surface area contributed by atoms with Crippen molar-refractivity contribution in [3.05, 3.63) is 30.3 Å². The van der Waals surface area contributed by atoms with Gasteiger partial charge in [0.05, 0.1) is 5.92 Å². The van der Waals surface area contributed by atoms with Crippen molar-refractivity contribution in [2.75, 3.05) is 25.1 Å². The maximum absolute atomic E-state index is 12.3. The highest BCUT2D eigenvalue weighted by molar-refractivity contribution is 5.92. The second-order valence-electron chi connectivity index (χ2n) is 10.8. The van der Waals surface area contributed by atoms with Crippen LogP contribution >= 0.6 is 0 Å². The second-order valence-corrected chi connectivity index (χ2v) is 10.8. The third kappa shape index (κ3) is 9.96. The molecule has 9 heteroatoms. The van der Waals surface area contributed by atoms with Crippen LogP contribution < -0.4 is 16.0 Å². The molecule has 0 spiro atoms. The Morgan fingerprint density at radius 1 is 1.03 bits per heavy atom. The number of amides is 3. The zero-order valence-corrected chi connectivity index (χ0v) is 21.4. The molecular weight excluding hydrogens is 450 g/mol. The van der Waals surface area contributed by atoms with Gasteiger partial charge in [-0.25, -0.2) is 9.59 Å². The number of alkyl carbamates (subject to hydrolysis) is 2. The van der Waals surface area contributed by atoms with Crippen LogP contribution in [-0.2, 0) is 19.1 Å².